The summed E-state index contributed by atoms with van der Waals surface area (Å²) in [4.78, 5) is 128. The number of phosphoric acid groups is 2. The Morgan fingerprint density at radius 2 is 0.752 bits per heavy atom. The van der Waals surface area contributed by atoms with Gasteiger partial charge in [-0.1, -0.05) is 259 Å². The number of nitrogens with one attached hydrogen (secondary N) is 2. The van der Waals surface area contributed by atoms with E-state index < -0.39 is 262 Å². The summed E-state index contributed by atoms with van der Waals surface area (Å²) in [7, 11) is -11.9. The lowest BCUT2D eigenvalue weighted by molar-refractivity contribution is -0.378. The van der Waals surface area contributed by atoms with Gasteiger partial charge in [0.1, 0.15) is 73.1 Å². The lowest BCUT2D eigenvalue weighted by Gasteiger charge is -2.50. The van der Waals surface area contributed by atoms with E-state index in [4.69, 9.17) is 51.7 Å². The molecule has 41 heteroatoms. The van der Waals surface area contributed by atoms with Gasteiger partial charge in [0.05, 0.1) is 88.7 Å². The van der Waals surface area contributed by atoms with Crippen molar-refractivity contribution in [3.05, 3.63) is 0 Å². The molecule has 4 rings (SSSR count). The molecule has 0 aliphatic carbocycles. The van der Waals surface area contributed by atoms with Crippen LogP contribution in [0.2, 0.25) is 0 Å². The summed E-state index contributed by atoms with van der Waals surface area (Å²) in [5.74, 6) is -16.0. The molecule has 0 bridgehead atoms. The second-order valence-corrected chi connectivity index (χ2v) is 36.7. The van der Waals surface area contributed by atoms with Crippen LogP contribution in [-0.4, -0.2) is 299 Å². The van der Waals surface area contributed by atoms with Gasteiger partial charge in [0.15, 0.2) is 24.8 Å². The van der Waals surface area contributed by atoms with Crippen LogP contribution >= 0.6 is 15.6 Å². The van der Waals surface area contributed by atoms with Crippen LogP contribution in [0.3, 0.4) is 0 Å². The van der Waals surface area contributed by atoms with Crippen molar-refractivity contribution in [3.8, 4) is 0 Å². The van der Waals surface area contributed by atoms with Gasteiger partial charge >= 0.3 is 39.5 Å². The zero-order valence-electron chi connectivity index (χ0n) is 73.8. The van der Waals surface area contributed by atoms with Crippen LogP contribution in [0.5, 0.6) is 0 Å². The summed E-state index contributed by atoms with van der Waals surface area (Å²) in [6, 6.07) is -4.34. The van der Waals surface area contributed by atoms with Gasteiger partial charge in [-0.2, -0.15) is 0 Å². The van der Waals surface area contributed by atoms with Gasteiger partial charge in [0.2, 0.25) is 11.8 Å². The first-order valence-corrected chi connectivity index (χ1v) is 49.0. The molecule has 4 unspecified atom stereocenters. The van der Waals surface area contributed by atoms with Crippen molar-refractivity contribution in [1.29, 1.82) is 0 Å². The number of carboxylic acid groups (broad SMARTS) is 2. The first kappa shape index (κ1) is 114. The first-order chi connectivity index (χ1) is 59.4. The molecule has 732 valence electrons. The fourth-order valence-corrected chi connectivity index (χ4v) is 17.3. The fraction of sp³-hybridized carbons (Fsp3) is 0.929. The highest BCUT2D eigenvalue weighted by atomic mass is 31.2. The molecule has 4 aliphatic heterocycles. The average molecular weight is 1850 g/mol. The first-order valence-electron chi connectivity index (χ1n) is 46.0. The Labute approximate surface area is 735 Å². The van der Waals surface area contributed by atoms with E-state index in [0.29, 0.717) is 51.4 Å². The fourth-order valence-electron chi connectivity index (χ4n) is 16.2. The van der Waals surface area contributed by atoms with E-state index in [9.17, 15) is 129 Å². The number of esters is 2. The molecule has 125 heavy (non-hydrogen) atoms. The number of aliphatic hydroxyl groups excluding tert-OH is 12. The second kappa shape index (κ2) is 61.2. The molecular formula is C84H154N2O37P2. The Balaban J connectivity index is 1.93. The minimum Gasteiger partial charge on any atom is -0.477 e. The lowest BCUT2D eigenvalue weighted by Crippen LogP contribution is -2.69. The molecular weight excluding hydrogens is 1690 g/mol. The maximum absolute atomic E-state index is 14.7. The number of hydrogen-bond acceptors (Lipinski definition) is 31. The Morgan fingerprint density at radius 3 is 1.13 bits per heavy atom. The molecule has 0 spiro atoms. The highest BCUT2D eigenvalue weighted by Gasteiger charge is 2.63. The highest BCUT2D eigenvalue weighted by Crippen LogP contribution is 2.46. The van der Waals surface area contributed by atoms with E-state index in [1.54, 1.807) is 0 Å². The standard InChI is InChI=1S/C84H154N2O37P2/c1-5-9-13-17-21-25-29-33-37-41-55(89)45-65(96)85-69-77(117-67(98)47-57(91)43-39-35-31-27-23-19-15-11-7-3)73(102)63(115-80(69)123-125(110,111)112)53-113-79-70(86-66(97)46-56(90)42-38-34-30-26-22-18-14-10-6-2)78(118-68(99)48-58(92)44-40-36-32-28-24-20-16-12-8-4)76(122-124(107,108)109)64(116-79)54-114-83(81(103)104)50-62(72(101)75(120-83)61(95)52-88)119-84(82(105)106)49-59(93)71(100)74(121-84)60(94)51-87/h55-64,69-80,87-95,100-102H,5-54H2,1-4H3,(H,85,96)(H,86,97)(H,103,104)(H,105,106)(H2,107,108,109)(H2,110,111,112)/t55?,56?,57?,58?,59-,60-,61-,62-,63-,64-,69-,70-,71-,72-,73-,74-,75-,76-,77-,78-,79-,80-,83-,84-/m1/s1. The predicted octanol–water partition coefficient (Wildman–Crippen LogP) is 6.21. The number of phosphoric ester groups is 2. The van der Waals surface area contributed by atoms with Crippen molar-refractivity contribution in [2.45, 2.75) is 469 Å². The number of carboxylic acids is 2. The van der Waals surface area contributed by atoms with Crippen molar-refractivity contribution in [3.63, 3.8) is 0 Å². The van der Waals surface area contributed by atoms with Crippen molar-refractivity contribution in [2.24, 2.45) is 0 Å². The summed E-state index contributed by atoms with van der Waals surface area (Å²) in [5, 5.41) is 161. The van der Waals surface area contributed by atoms with Crippen molar-refractivity contribution in [1.82, 2.24) is 10.6 Å². The molecule has 2 amide bonds. The van der Waals surface area contributed by atoms with Crippen LogP contribution in [0.4, 0.5) is 0 Å². The van der Waals surface area contributed by atoms with E-state index in [1.807, 2.05) is 0 Å². The monoisotopic (exact) mass is 1840 g/mol. The van der Waals surface area contributed by atoms with Crippen LogP contribution in [0.15, 0.2) is 0 Å². The van der Waals surface area contributed by atoms with E-state index in [-0.39, 0.29) is 25.7 Å². The number of hydrogen-bond donors (Lipinski definition) is 20. The molecule has 0 aromatic rings. The van der Waals surface area contributed by atoms with E-state index in [0.717, 1.165) is 180 Å². The number of amides is 2. The van der Waals surface area contributed by atoms with Gasteiger partial charge in [-0.05, 0) is 25.7 Å². The summed E-state index contributed by atoms with van der Waals surface area (Å²) in [6.07, 6.45) is -15.9. The van der Waals surface area contributed by atoms with Crippen molar-refractivity contribution < 1.29 is 181 Å². The van der Waals surface area contributed by atoms with Gasteiger partial charge < -0.3 is 144 Å². The van der Waals surface area contributed by atoms with Gasteiger partial charge in [0.25, 0.3) is 11.6 Å². The van der Waals surface area contributed by atoms with Crippen LogP contribution in [0.25, 0.3) is 0 Å². The lowest BCUT2D eigenvalue weighted by atomic mass is 9.90. The highest BCUT2D eigenvalue weighted by molar-refractivity contribution is 7.46. The molecule has 0 saturated carbocycles. The van der Waals surface area contributed by atoms with Gasteiger partial charge in [0, 0.05) is 12.8 Å². The maximum atomic E-state index is 14.7. The number of carbonyl (C=O) groups is 6. The molecule has 4 heterocycles. The largest absolute Gasteiger partial charge is 0.477 e. The summed E-state index contributed by atoms with van der Waals surface area (Å²) >= 11 is 0. The number of aliphatic hydroxyl groups is 12. The average Bonchev–Trinajstić information content (AvgIpc) is 0.751. The number of aliphatic carboxylic acids is 2. The molecule has 0 radical (unpaired) electrons. The zero-order valence-corrected chi connectivity index (χ0v) is 75.5. The van der Waals surface area contributed by atoms with E-state index in [2.05, 4.69) is 38.3 Å². The van der Waals surface area contributed by atoms with Crippen LogP contribution in [-0.2, 0) is 89.6 Å². The van der Waals surface area contributed by atoms with Gasteiger partial charge in [-0.15, -0.1) is 0 Å². The molecule has 4 fully saturated rings. The molecule has 20 N–H and O–H groups in total. The number of carbonyl (C=O) groups excluding carboxylic acids is 4. The molecule has 0 aromatic heterocycles. The summed E-state index contributed by atoms with van der Waals surface area (Å²) in [5.41, 5.74) is 0. The second-order valence-electron chi connectivity index (χ2n) is 34.3. The third kappa shape index (κ3) is 42.8. The van der Waals surface area contributed by atoms with Gasteiger partial charge in [-0.3, -0.25) is 28.2 Å². The molecule has 4 aliphatic rings. The zero-order chi connectivity index (χ0) is 92.7. The number of ether oxygens (including phenoxy) is 9. The van der Waals surface area contributed by atoms with Crippen molar-refractivity contribution in [2.75, 3.05) is 26.4 Å². The third-order valence-corrected chi connectivity index (χ3v) is 24.3. The molecule has 39 nitrogen and oxygen atoms in total. The number of rotatable bonds is 70. The minimum absolute atomic E-state index is 0.00496. The minimum atomic E-state index is -6.10. The smallest absolute Gasteiger partial charge is 0.472 e. The van der Waals surface area contributed by atoms with Gasteiger partial charge in [-0.25, -0.2) is 18.7 Å². The normalized spacial score (nSPS) is 28.3. The van der Waals surface area contributed by atoms with E-state index in [1.165, 1.54) is 0 Å². The molecule has 0 aromatic carbocycles. The van der Waals surface area contributed by atoms with E-state index >= 15 is 0 Å². The summed E-state index contributed by atoms with van der Waals surface area (Å²) < 4.78 is 90.8. The van der Waals surface area contributed by atoms with Crippen LogP contribution in [0.1, 0.15) is 323 Å². The Bertz CT molecular complexity index is 3090. The third-order valence-electron chi connectivity index (χ3n) is 23.3. The Hall–Kier alpha value is -3.72. The van der Waals surface area contributed by atoms with Crippen molar-refractivity contribution >= 4 is 51.3 Å². The number of unbranched alkanes of at least 4 members (excludes halogenated alkanes) is 32. The maximum Gasteiger partial charge on any atom is 0.472 e. The SMILES string of the molecule is CCCCCCCCCCCC(O)CC(=O)N[C@H]1[C@H](OC[C@H]2O[C@H](OP(=O)(O)O)[C@H](NC(=O)CC(O)CCCCCCCCCCC)[C@@H](OC(=O)CC(O)CCCCCCCCCCC)[C@@H]2O)O[C@H](CO[C@]2(C(=O)O)C[C@@H](O[C@]3(C(=O)O)C[C@@H](O)[C@@H](O)[C@@H]([C@H](O)CO)O3)[C@@H](O)[C@@H]([C@H](O)CO)O2)[C@@H](OP(=O)(O)O)[C@@H]1OC(=O)CC(O)CCCCCCCCCCC. The van der Waals surface area contributed by atoms with Crippen LogP contribution in [0, 0.1) is 0 Å². The predicted molar refractivity (Wildman–Crippen MR) is 448 cm³/mol. The molecule has 24 atom stereocenters. The quantitative estimate of drug-likeness (QED) is 0.0183. The summed E-state index contributed by atoms with van der Waals surface area (Å²) in [6.45, 7) is 3.02. The Morgan fingerprint density at radius 1 is 0.408 bits per heavy atom. The molecule has 4 saturated heterocycles. The Kier molecular flexibility index (Phi) is 55.6. The topological polar surface area (TPSA) is 626 Å². The van der Waals surface area contributed by atoms with Crippen LogP contribution < -0.4 is 10.6 Å².